The molecule has 2 heterocycles. The predicted octanol–water partition coefficient (Wildman–Crippen LogP) is 2.13. The van der Waals surface area contributed by atoms with Crippen molar-refractivity contribution in [2.75, 3.05) is 26.2 Å². The van der Waals surface area contributed by atoms with E-state index in [9.17, 15) is 19.5 Å². The predicted molar refractivity (Wildman–Crippen MR) is 95.3 cm³/mol. The minimum Gasteiger partial charge on any atom is -0.481 e. The standard InChI is InChI=1S/C20H30N2O4/c23-17(21-9-3-4-10-21)14-5-1-2-6-15(14)18(24)22-11-7-20(8-12-22)13-16(20)19(25)26/h14-16H,1-13H2,(H,25,26). The molecule has 144 valence electrons. The Balaban J connectivity index is 1.38. The van der Waals surface area contributed by atoms with Gasteiger partial charge in [-0.3, -0.25) is 14.4 Å². The summed E-state index contributed by atoms with van der Waals surface area (Å²) in [6.45, 7) is 3.01. The Morgan fingerprint density at radius 2 is 1.27 bits per heavy atom. The van der Waals surface area contributed by atoms with Gasteiger partial charge in [-0.2, -0.15) is 0 Å². The molecule has 2 aliphatic heterocycles. The summed E-state index contributed by atoms with van der Waals surface area (Å²) in [6, 6.07) is 0. The van der Waals surface area contributed by atoms with E-state index in [1.165, 1.54) is 0 Å². The fourth-order valence-electron chi connectivity index (χ4n) is 5.55. The summed E-state index contributed by atoms with van der Waals surface area (Å²) in [4.78, 5) is 41.2. The molecule has 4 rings (SSSR count). The fourth-order valence-corrected chi connectivity index (χ4v) is 5.55. The third kappa shape index (κ3) is 3.12. The Labute approximate surface area is 154 Å². The fraction of sp³-hybridized carbons (Fsp3) is 0.850. The topological polar surface area (TPSA) is 77.9 Å². The highest BCUT2D eigenvalue weighted by atomic mass is 16.4. The van der Waals surface area contributed by atoms with Crippen LogP contribution in [0.5, 0.6) is 0 Å². The zero-order chi connectivity index (χ0) is 18.3. The number of nitrogens with zero attached hydrogens (tertiary/aromatic N) is 2. The number of likely N-dealkylation sites (tertiary alicyclic amines) is 2. The molecule has 0 radical (unpaired) electrons. The minimum absolute atomic E-state index is 0.0556. The number of hydrogen-bond donors (Lipinski definition) is 1. The molecule has 1 N–H and O–H groups in total. The molecule has 26 heavy (non-hydrogen) atoms. The van der Waals surface area contributed by atoms with Crippen molar-refractivity contribution in [3.8, 4) is 0 Å². The number of carbonyl (C=O) groups excluding carboxylic acids is 2. The van der Waals surface area contributed by atoms with Crippen LogP contribution in [-0.2, 0) is 14.4 Å². The van der Waals surface area contributed by atoms with Gasteiger partial charge in [0.1, 0.15) is 0 Å². The monoisotopic (exact) mass is 362 g/mol. The van der Waals surface area contributed by atoms with Gasteiger partial charge in [-0.05, 0) is 50.4 Å². The van der Waals surface area contributed by atoms with E-state index in [0.717, 1.165) is 70.9 Å². The van der Waals surface area contributed by atoms with Gasteiger partial charge in [0.15, 0.2) is 0 Å². The van der Waals surface area contributed by atoms with Crippen LogP contribution in [0.3, 0.4) is 0 Å². The lowest BCUT2D eigenvalue weighted by molar-refractivity contribution is -0.149. The number of piperidine rings is 1. The molecule has 6 nitrogen and oxygen atoms in total. The zero-order valence-electron chi connectivity index (χ0n) is 15.5. The number of aliphatic carboxylic acids is 1. The first-order valence-corrected chi connectivity index (χ1v) is 10.3. The maximum Gasteiger partial charge on any atom is 0.307 e. The summed E-state index contributed by atoms with van der Waals surface area (Å²) in [7, 11) is 0. The van der Waals surface area contributed by atoms with Gasteiger partial charge in [-0.15, -0.1) is 0 Å². The molecule has 3 atom stereocenters. The summed E-state index contributed by atoms with van der Waals surface area (Å²) in [5.41, 5.74) is -0.0556. The van der Waals surface area contributed by atoms with Gasteiger partial charge in [-0.25, -0.2) is 0 Å². The van der Waals surface area contributed by atoms with E-state index in [4.69, 9.17) is 0 Å². The number of carboxylic acids is 1. The van der Waals surface area contributed by atoms with Gasteiger partial charge in [-0.1, -0.05) is 12.8 Å². The maximum atomic E-state index is 13.2. The number of amides is 2. The van der Waals surface area contributed by atoms with Crippen molar-refractivity contribution in [2.45, 2.75) is 57.8 Å². The smallest absolute Gasteiger partial charge is 0.307 e. The maximum absolute atomic E-state index is 13.2. The van der Waals surface area contributed by atoms with Gasteiger partial charge in [0.25, 0.3) is 0 Å². The van der Waals surface area contributed by atoms with Crippen LogP contribution in [0.1, 0.15) is 57.8 Å². The van der Waals surface area contributed by atoms with Crippen molar-refractivity contribution in [2.24, 2.45) is 23.2 Å². The Morgan fingerprint density at radius 1 is 0.769 bits per heavy atom. The lowest BCUT2D eigenvalue weighted by Gasteiger charge is -2.39. The molecule has 3 unspecified atom stereocenters. The summed E-state index contributed by atoms with van der Waals surface area (Å²) >= 11 is 0. The van der Waals surface area contributed by atoms with E-state index in [-0.39, 0.29) is 35.0 Å². The molecule has 1 spiro atoms. The van der Waals surface area contributed by atoms with Crippen molar-refractivity contribution in [3.05, 3.63) is 0 Å². The quantitative estimate of drug-likeness (QED) is 0.834. The van der Waals surface area contributed by atoms with Crippen LogP contribution in [-0.4, -0.2) is 58.9 Å². The van der Waals surface area contributed by atoms with Crippen molar-refractivity contribution < 1.29 is 19.5 Å². The molecule has 2 amide bonds. The highest BCUT2D eigenvalue weighted by Crippen LogP contribution is 2.59. The summed E-state index contributed by atoms with van der Waals surface area (Å²) in [5, 5.41) is 9.23. The molecule has 0 aromatic carbocycles. The Hall–Kier alpha value is -1.59. The first-order chi connectivity index (χ1) is 12.5. The Kier molecular flexibility index (Phi) is 4.70. The van der Waals surface area contributed by atoms with Crippen LogP contribution in [0.15, 0.2) is 0 Å². The van der Waals surface area contributed by atoms with E-state index in [1.807, 2.05) is 9.80 Å². The molecule has 6 heteroatoms. The van der Waals surface area contributed by atoms with Crippen molar-refractivity contribution in [1.82, 2.24) is 9.80 Å². The molecule has 4 fully saturated rings. The van der Waals surface area contributed by atoms with Crippen molar-refractivity contribution in [3.63, 3.8) is 0 Å². The molecular weight excluding hydrogens is 332 g/mol. The number of rotatable bonds is 3. The van der Waals surface area contributed by atoms with Crippen molar-refractivity contribution >= 4 is 17.8 Å². The summed E-state index contributed by atoms with van der Waals surface area (Å²) in [5.74, 6) is -0.864. The largest absolute Gasteiger partial charge is 0.481 e. The van der Waals surface area contributed by atoms with Crippen LogP contribution in [0.2, 0.25) is 0 Å². The second-order valence-electron chi connectivity index (χ2n) is 8.81. The Morgan fingerprint density at radius 3 is 1.73 bits per heavy atom. The second-order valence-corrected chi connectivity index (χ2v) is 8.81. The molecule has 0 aromatic rings. The minimum atomic E-state index is -0.687. The zero-order valence-corrected chi connectivity index (χ0v) is 15.5. The molecule has 2 aliphatic carbocycles. The number of carboxylic acid groups (broad SMARTS) is 1. The lowest BCUT2D eigenvalue weighted by Crippen LogP contribution is -2.48. The van der Waals surface area contributed by atoms with E-state index in [0.29, 0.717) is 13.1 Å². The highest BCUT2D eigenvalue weighted by Gasteiger charge is 2.59. The van der Waals surface area contributed by atoms with E-state index in [2.05, 4.69) is 0 Å². The first-order valence-electron chi connectivity index (χ1n) is 10.3. The normalized spacial score (nSPS) is 33.3. The second kappa shape index (κ2) is 6.86. The summed E-state index contributed by atoms with van der Waals surface area (Å²) in [6.07, 6.45) is 8.25. The molecule has 4 aliphatic rings. The third-order valence-electron chi connectivity index (χ3n) is 7.38. The van der Waals surface area contributed by atoms with Gasteiger partial charge >= 0.3 is 5.97 Å². The van der Waals surface area contributed by atoms with E-state index < -0.39 is 5.97 Å². The molecule has 2 saturated heterocycles. The van der Waals surface area contributed by atoms with E-state index >= 15 is 0 Å². The van der Waals surface area contributed by atoms with E-state index in [1.54, 1.807) is 0 Å². The molecular formula is C20H30N2O4. The first kappa shape index (κ1) is 17.8. The SMILES string of the molecule is O=C(O)C1CC12CCN(C(=O)C1CCCCC1C(=O)N1CCCC1)CC2. The molecule has 0 bridgehead atoms. The van der Waals surface area contributed by atoms with Crippen LogP contribution in [0.25, 0.3) is 0 Å². The Bertz CT molecular complexity index is 591. The van der Waals surface area contributed by atoms with Crippen LogP contribution in [0, 0.1) is 23.2 Å². The molecule has 2 saturated carbocycles. The van der Waals surface area contributed by atoms with Crippen molar-refractivity contribution in [1.29, 1.82) is 0 Å². The van der Waals surface area contributed by atoms with Crippen LogP contribution >= 0.6 is 0 Å². The van der Waals surface area contributed by atoms with Crippen LogP contribution < -0.4 is 0 Å². The van der Waals surface area contributed by atoms with Gasteiger partial charge in [0.2, 0.25) is 11.8 Å². The third-order valence-corrected chi connectivity index (χ3v) is 7.38. The van der Waals surface area contributed by atoms with Gasteiger partial charge in [0, 0.05) is 38.0 Å². The molecule has 0 aromatic heterocycles. The number of hydrogen-bond acceptors (Lipinski definition) is 3. The van der Waals surface area contributed by atoms with Gasteiger partial charge in [0.05, 0.1) is 5.92 Å². The highest BCUT2D eigenvalue weighted by molar-refractivity contribution is 5.88. The lowest BCUT2D eigenvalue weighted by atomic mass is 9.77. The van der Waals surface area contributed by atoms with Gasteiger partial charge < -0.3 is 14.9 Å². The van der Waals surface area contributed by atoms with Crippen LogP contribution in [0.4, 0.5) is 0 Å². The number of carbonyl (C=O) groups is 3. The average molecular weight is 362 g/mol. The summed E-state index contributed by atoms with van der Waals surface area (Å²) < 4.78 is 0. The average Bonchev–Trinajstić information content (AvgIpc) is 3.10.